The van der Waals surface area contributed by atoms with Gasteiger partial charge in [-0.05, 0) is 52.2 Å². The van der Waals surface area contributed by atoms with Crippen molar-refractivity contribution in [3.63, 3.8) is 0 Å². The number of hydrogen-bond donors (Lipinski definition) is 3. The summed E-state index contributed by atoms with van der Waals surface area (Å²) in [5.41, 5.74) is 1.84. The van der Waals surface area contributed by atoms with Gasteiger partial charge < -0.3 is 25.4 Å². The number of alkyl carbamates (subject to hydrolysis) is 1. The number of aryl methyl sites for hydroxylation is 1. The minimum absolute atomic E-state index is 0.0284. The molecule has 1 aromatic heterocycles. The zero-order valence-corrected chi connectivity index (χ0v) is 22.9. The number of aliphatic carboxylic acids is 1. The molecule has 1 aromatic carbocycles. The number of aromatic nitrogens is 2. The van der Waals surface area contributed by atoms with E-state index in [1.54, 1.807) is 31.7 Å². The number of amides is 3. The summed E-state index contributed by atoms with van der Waals surface area (Å²) in [5.74, 6) is -0.974. The number of halogens is 2. The lowest BCUT2D eigenvalue weighted by Gasteiger charge is -2.32. The highest BCUT2D eigenvalue weighted by Crippen LogP contribution is 2.35. The zero-order chi connectivity index (χ0) is 27.3. The highest BCUT2D eigenvalue weighted by molar-refractivity contribution is 6.43. The number of ether oxygens (including phenoxy) is 1. The maximum atomic E-state index is 12.6. The van der Waals surface area contributed by atoms with E-state index in [9.17, 15) is 19.5 Å². The Kier molecular flexibility index (Phi) is 9.31. The van der Waals surface area contributed by atoms with Crippen molar-refractivity contribution in [3.8, 4) is 11.3 Å². The van der Waals surface area contributed by atoms with E-state index >= 15 is 0 Å². The van der Waals surface area contributed by atoms with Crippen LogP contribution in [0.5, 0.6) is 0 Å². The van der Waals surface area contributed by atoms with E-state index in [2.05, 4.69) is 15.7 Å². The van der Waals surface area contributed by atoms with E-state index in [1.807, 2.05) is 29.9 Å². The quantitative estimate of drug-likeness (QED) is 0.458. The van der Waals surface area contributed by atoms with Crippen LogP contribution in [0.2, 0.25) is 10.0 Å². The van der Waals surface area contributed by atoms with Gasteiger partial charge in [-0.15, -0.1) is 0 Å². The van der Waals surface area contributed by atoms with Crippen LogP contribution in [0.15, 0.2) is 24.3 Å². The van der Waals surface area contributed by atoms with E-state index in [0.29, 0.717) is 23.1 Å². The fourth-order valence-corrected chi connectivity index (χ4v) is 4.62. The minimum Gasteiger partial charge on any atom is -0.480 e. The molecule has 1 saturated heterocycles. The lowest BCUT2D eigenvalue weighted by Crippen LogP contribution is -2.47. The van der Waals surface area contributed by atoms with Gasteiger partial charge in [0, 0.05) is 43.9 Å². The largest absolute Gasteiger partial charge is 0.480 e. The fraction of sp³-hybridized carbons (Fsp3) is 0.520. The Balaban J connectivity index is 1.50. The van der Waals surface area contributed by atoms with Gasteiger partial charge in [0.05, 0.1) is 15.7 Å². The molecule has 1 fully saturated rings. The molecule has 2 heterocycles. The van der Waals surface area contributed by atoms with Gasteiger partial charge >= 0.3 is 18.1 Å². The molecule has 1 aliphatic rings. The van der Waals surface area contributed by atoms with Crippen molar-refractivity contribution in [2.75, 3.05) is 19.6 Å². The normalized spacial score (nSPS) is 15.2. The number of carboxylic acid groups (broad SMARTS) is 1. The molecular formula is C25H33Cl2N5O5. The van der Waals surface area contributed by atoms with Gasteiger partial charge in [0.15, 0.2) is 0 Å². The van der Waals surface area contributed by atoms with Gasteiger partial charge in [0.2, 0.25) is 0 Å². The molecule has 0 aliphatic carbocycles. The molecule has 10 nitrogen and oxygen atoms in total. The second kappa shape index (κ2) is 12.0. The molecule has 37 heavy (non-hydrogen) atoms. The predicted octanol–water partition coefficient (Wildman–Crippen LogP) is 4.65. The topological polar surface area (TPSA) is 126 Å². The van der Waals surface area contributed by atoms with Crippen LogP contribution in [-0.4, -0.2) is 69.2 Å². The minimum atomic E-state index is -1.20. The summed E-state index contributed by atoms with van der Waals surface area (Å²) in [6.07, 6.45) is 0.728. The summed E-state index contributed by atoms with van der Waals surface area (Å²) < 4.78 is 6.95. The number of rotatable bonds is 7. The van der Waals surface area contributed by atoms with Crippen molar-refractivity contribution in [1.29, 1.82) is 0 Å². The van der Waals surface area contributed by atoms with Crippen LogP contribution in [0, 0.1) is 0 Å². The van der Waals surface area contributed by atoms with Crippen molar-refractivity contribution in [2.24, 2.45) is 7.05 Å². The van der Waals surface area contributed by atoms with E-state index < -0.39 is 23.7 Å². The number of likely N-dealkylation sites (tertiary alicyclic amines) is 1. The Bertz CT molecular complexity index is 1140. The molecule has 0 saturated carbocycles. The molecule has 0 radical (unpaired) electrons. The van der Waals surface area contributed by atoms with Crippen molar-refractivity contribution in [1.82, 2.24) is 25.3 Å². The predicted molar refractivity (Wildman–Crippen MR) is 141 cm³/mol. The van der Waals surface area contributed by atoms with Crippen molar-refractivity contribution < 1.29 is 24.2 Å². The fourth-order valence-electron chi connectivity index (χ4n) is 4.22. The monoisotopic (exact) mass is 553 g/mol. The number of carbonyl (C=O) groups excluding carboxylic acids is 2. The smallest absolute Gasteiger partial charge is 0.408 e. The van der Waals surface area contributed by atoms with Crippen LogP contribution < -0.4 is 10.6 Å². The number of urea groups is 1. The number of carboxylic acids is 1. The third-order valence-electron chi connectivity index (χ3n) is 6.04. The standard InChI is InChI=1S/C25H33Cl2N5O5/c1-25(2,3)37-24(36)29-18(22(33)34)8-11-28-23(35)32-12-9-15(10-13-32)20-14-19(30-31(20)4)16-6-5-7-17(26)21(16)27/h5-7,14-15,18H,8-13H2,1-4H3,(H,28,35)(H,29,36)(H,33,34)/t18-/m1/s1. The molecule has 3 rings (SSSR count). The van der Waals surface area contributed by atoms with Crippen molar-refractivity contribution >= 4 is 41.3 Å². The summed E-state index contributed by atoms with van der Waals surface area (Å²) in [4.78, 5) is 37.7. The Hall–Kier alpha value is -2.98. The van der Waals surface area contributed by atoms with Crippen molar-refractivity contribution in [3.05, 3.63) is 40.0 Å². The highest BCUT2D eigenvalue weighted by Gasteiger charge is 2.28. The van der Waals surface area contributed by atoms with Gasteiger partial charge in [-0.1, -0.05) is 35.3 Å². The van der Waals surface area contributed by atoms with Crippen LogP contribution in [0.1, 0.15) is 51.6 Å². The molecule has 0 unspecified atom stereocenters. The number of carbonyl (C=O) groups is 3. The summed E-state index contributed by atoms with van der Waals surface area (Å²) in [6, 6.07) is 6.02. The Morgan fingerprint density at radius 3 is 2.51 bits per heavy atom. The van der Waals surface area contributed by atoms with Gasteiger partial charge in [-0.3, -0.25) is 4.68 Å². The lowest BCUT2D eigenvalue weighted by atomic mass is 9.93. The first-order chi connectivity index (χ1) is 17.4. The molecule has 0 bridgehead atoms. The average Bonchev–Trinajstić information content (AvgIpc) is 3.20. The van der Waals surface area contributed by atoms with E-state index in [0.717, 1.165) is 29.8 Å². The van der Waals surface area contributed by atoms with Crippen LogP contribution in [0.3, 0.4) is 0 Å². The lowest BCUT2D eigenvalue weighted by molar-refractivity contribution is -0.139. The van der Waals surface area contributed by atoms with E-state index in [4.69, 9.17) is 27.9 Å². The maximum Gasteiger partial charge on any atom is 0.408 e. The number of nitrogens with zero attached hydrogens (tertiary/aromatic N) is 3. The SMILES string of the molecule is Cn1nc(-c2cccc(Cl)c2Cl)cc1C1CCN(C(=O)NCC[C@@H](NC(=O)OC(C)(C)C)C(=O)O)CC1. The van der Waals surface area contributed by atoms with E-state index in [-0.39, 0.29) is 24.9 Å². The van der Waals surface area contributed by atoms with Crippen LogP contribution >= 0.6 is 23.2 Å². The number of nitrogens with one attached hydrogen (secondary N) is 2. The number of piperidine rings is 1. The van der Waals surface area contributed by atoms with Gasteiger partial charge in [-0.25, -0.2) is 14.4 Å². The molecule has 1 aliphatic heterocycles. The molecule has 2 aromatic rings. The summed E-state index contributed by atoms with van der Waals surface area (Å²) >= 11 is 12.5. The second-order valence-electron chi connectivity index (χ2n) is 10.00. The second-order valence-corrected chi connectivity index (χ2v) is 10.8. The average molecular weight is 554 g/mol. The molecule has 12 heteroatoms. The first-order valence-corrected chi connectivity index (χ1v) is 12.8. The molecular weight excluding hydrogens is 521 g/mol. The van der Waals surface area contributed by atoms with Crippen LogP contribution in [0.25, 0.3) is 11.3 Å². The third-order valence-corrected chi connectivity index (χ3v) is 6.86. The Labute approximate surface area is 226 Å². The maximum absolute atomic E-state index is 12.6. The van der Waals surface area contributed by atoms with Gasteiger partial charge in [0.25, 0.3) is 0 Å². The molecule has 0 spiro atoms. The van der Waals surface area contributed by atoms with E-state index in [1.165, 1.54) is 0 Å². The van der Waals surface area contributed by atoms with Crippen LogP contribution in [-0.2, 0) is 16.6 Å². The Morgan fingerprint density at radius 1 is 1.22 bits per heavy atom. The first kappa shape index (κ1) is 28.6. The van der Waals surface area contributed by atoms with Gasteiger partial charge in [-0.2, -0.15) is 5.10 Å². The first-order valence-electron chi connectivity index (χ1n) is 12.1. The summed E-state index contributed by atoms with van der Waals surface area (Å²) in [5, 5.41) is 20.0. The Morgan fingerprint density at radius 2 is 1.89 bits per heavy atom. The van der Waals surface area contributed by atoms with Crippen LogP contribution in [0.4, 0.5) is 9.59 Å². The molecule has 3 N–H and O–H groups in total. The zero-order valence-electron chi connectivity index (χ0n) is 21.4. The van der Waals surface area contributed by atoms with Crippen molar-refractivity contribution in [2.45, 2.75) is 57.6 Å². The number of benzene rings is 1. The molecule has 1 atom stereocenters. The summed E-state index contributed by atoms with van der Waals surface area (Å²) in [6.45, 7) is 6.26. The summed E-state index contributed by atoms with van der Waals surface area (Å²) in [7, 11) is 1.89. The molecule has 202 valence electrons. The number of hydrogen-bond acceptors (Lipinski definition) is 5. The third kappa shape index (κ3) is 7.75. The molecule has 3 amide bonds. The highest BCUT2D eigenvalue weighted by atomic mass is 35.5. The van der Waals surface area contributed by atoms with Gasteiger partial charge in [0.1, 0.15) is 11.6 Å².